The molecule has 1 aromatic heterocycles. The molecule has 1 aliphatic heterocycles. The summed E-state index contributed by atoms with van der Waals surface area (Å²) in [4.78, 5) is 31.0. The van der Waals surface area contributed by atoms with Gasteiger partial charge >= 0.3 is 0 Å². The van der Waals surface area contributed by atoms with E-state index < -0.39 is 0 Å². The van der Waals surface area contributed by atoms with Crippen LogP contribution in [0.5, 0.6) is 0 Å². The second-order valence-electron chi connectivity index (χ2n) is 7.76. The lowest BCUT2D eigenvalue weighted by atomic mass is 9.90. The van der Waals surface area contributed by atoms with Crippen LogP contribution >= 0.6 is 11.3 Å². The number of likely N-dealkylation sites (N-methyl/N-ethyl adjacent to an activating group) is 1. The molecule has 0 bridgehead atoms. The zero-order valence-corrected chi connectivity index (χ0v) is 18.6. The first-order valence-corrected chi connectivity index (χ1v) is 11.6. The Labute approximate surface area is 178 Å². The fourth-order valence-electron chi connectivity index (χ4n) is 4.13. The molecule has 1 aromatic carbocycles. The lowest BCUT2D eigenvalue weighted by Crippen LogP contribution is -2.46. The molecule has 0 radical (unpaired) electrons. The third-order valence-corrected chi connectivity index (χ3v) is 6.82. The summed E-state index contributed by atoms with van der Waals surface area (Å²) < 4.78 is 0. The third-order valence-electron chi connectivity index (χ3n) is 5.82. The second kappa shape index (κ2) is 10.1. The normalized spacial score (nSPS) is 15.8. The van der Waals surface area contributed by atoms with Crippen molar-refractivity contribution in [1.29, 1.82) is 0 Å². The van der Waals surface area contributed by atoms with Gasteiger partial charge < -0.3 is 9.80 Å². The van der Waals surface area contributed by atoms with E-state index in [2.05, 4.69) is 37.4 Å². The van der Waals surface area contributed by atoms with Gasteiger partial charge in [0.15, 0.2) is 0 Å². The van der Waals surface area contributed by atoms with Crippen molar-refractivity contribution >= 4 is 23.2 Å². The maximum absolute atomic E-state index is 13.4. The van der Waals surface area contributed by atoms with Crippen LogP contribution < -0.4 is 0 Å². The molecule has 0 saturated heterocycles. The van der Waals surface area contributed by atoms with Crippen molar-refractivity contribution in [3.8, 4) is 0 Å². The summed E-state index contributed by atoms with van der Waals surface area (Å²) >= 11 is 1.78. The van der Waals surface area contributed by atoms with Crippen LogP contribution in [0, 0.1) is 6.92 Å². The Morgan fingerprint density at radius 3 is 2.66 bits per heavy atom. The van der Waals surface area contributed by atoms with Crippen LogP contribution in [0.25, 0.3) is 0 Å². The molecule has 5 heteroatoms. The Bertz CT molecular complexity index is 845. The average molecular weight is 413 g/mol. The first-order chi connectivity index (χ1) is 14.1. The predicted octanol–water partition coefficient (Wildman–Crippen LogP) is 4.96. The van der Waals surface area contributed by atoms with Crippen molar-refractivity contribution in [2.24, 2.45) is 0 Å². The largest absolute Gasteiger partial charge is 0.334 e. The quantitative estimate of drug-likeness (QED) is 0.575. The van der Waals surface area contributed by atoms with Crippen molar-refractivity contribution < 1.29 is 9.59 Å². The third kappa shape index (κ3) is 4.89. The number of carbonyl (C=O) groups is 2. The van der Waals surface area contributed by atoms with Gasteiger partial charge in [-0.1, -0.05) is 44.0 Å². The van der Waals surface area contributed by atoms with Gasteiger partial charge in [0.1, 0.15) is 0 Å². The highest BCUT2D eigenvalue weighted by molar-refractivity contribution is 7.10. The monoisotopic (exact) mass is 412 g/mol. The summed E-state index contributed by atoms with van der Waals surface area (Å²) in [5.41, 5.74) is 3.61. The van der Waals surface area contributed by atoms with E-state index in [1.54, 1.807) is 16.2 Å². The number of rotatable bonds is 8. The number of fused-ring (bicyclic) bond motifs is 1. The highest BCUT2D eigenvalue weighted by Gasteiger charge is 2.34. The van der Waals surface area contributed by atoms with Gasteiger partial charge in [-0.3, -0.25) is 9.59 Å². The highest BCUT2D eigenvalue weighted by Crippen LogP contribution is 2.38. The number of thiophene rings is 1. The summed E-state index contributed by atoms with van der Waals surface area (Å²) in [6.07, 6.45) is 4.46. The maximum Gasteiger partial charge on any atom is 0.242 e. The van der Waals surface area contributed by atoms with Crippen LogP contribution in [0.3, 0.4) is 0 Å². The van der Waals surface area contributed by atoms with Gasteiger partial charge in [-0.15, -0.1) is 11.3 Å². The predicted molar refractivity (Wildman–Crippen MR) is 119 cm³/mol. The van der Waals surface area contributed by atoms with Gasteiger partial charge in [-0.05, 0) is 54.8 Å². The van der Waals surface area contributed by atoms with Gasteiger partial charge in [0, 0.05) is 24.4 Å². The Balaban J connectivity index is 1.81. The Kier molecular flexibility index (Phi) is 7.48. The summed E-state index contributed by atoms with van der Waals surface area (Å²) in [7, 11) is 0. The number of aryl methyl sites for hydroxylation is 1. The summed E-state index contributed by atoms with van der Waals surface area (Å²) in [5.74, 6) is 0.135. The van der Waals surface area contributed by atoms with Crippen LogP contribution in [0.1, 0.15) is 67.1 Å². The number of nitrogens with zero attached hydrogens (tertiary/aromatic N) is 2. The number of amides is 2. The molecule has 29 heavy (non-hydrogen) atoms. The molecule has 1 unspecified atom stereocenters. The van der Waals surface area contributed by atoms with Crippen LogP contribution in [0.15, 0.2) is 35.7 Å². The topological polar surface area (TPSA) is 40.6 Å². The first kappa shape index (κ1) is 21.6. The molecule has 2 aromatic rings. The maximum atomic E-state index is 13.4. The van der Waals surface area contributed by atoms with E-state index in [1.807, 2.05) is 24.0 Å². The molecule has 2 heterocycles. The molecule has 1 aliphatic rings. The molecule has 3 rings (SSSR count). The van der Waals surface area contributed by atoms with Crippen molar-refractivity contribution in [3.63, 3.8) is 0 Å². The van der Waals surface area contributed by atoms with Crippen molar-refractivity contribution in [2.75, 3.05) is 19.6 Å². The van der Waals surface area contributed by atoms with E-state index in [0.29, 0.717) is 19.5 Å². The standard InChI is InChI=1S/C24H32N2O2S/c1-4-6-7-12-22(27)25(5-2)17-23(28)26-15-13-21-20(14-16-29-21)24(26)19-11-9-8-10-18(19)3/h8-11,14,16,24H,4-7,12-13,15,17H2,1-3H3. The van der Waals surface area contributed by atoms with Crippen LogP contribution in [0.4, 0.5) is 0 Å². The fraction of sp³-hybridized carbons (Fsp3) is 0.500. The van der Waals surface area contributed by atoms with Crippen LogP contribution in [-0.4, -0.2) is 41.2 Å². The van der Waals surface area contributed by atoms with Crippen molar-refractivity contribution in [1.82, 2.24) is 9.80 Å². The van der Waals surface area contributed by atoms with E-state index in [4.69, 9.17) is 0 Å². The summed E-state index contributed by atoms with van der Waals surface area (Å²) in [6.45, 7) is 7.64. The molecule has 0 N–H and O–H groups in total. The first-order valence-electron chi connectivity index (χ1n) is 10.8. The van der Waals surface area contributed by atoms with Gasteiger partial charge in [-0.25, -0.2) is 0 Å². The van der Waals surface area contributed by atoms with E-state index >= 15 is 0 Å². The van der Waals surface area contributed by atoms with Crippen molar-refractivity contribution in [2.45, 2.75) is 58.9 Å². The SMILES string of the molecule is CCCCCC(=O)N(CC)CC(=O)N1CCc2sccc2C1c1ccccc1C. The van der Waals surface area contributed by atoms with Gasteiger partial charge in [0.25, 0.3) is 0 Å². The molecular weight excluding hydrogens is 380 g/mol. The highest BCUT2D eigenvalue weighted by atomic mass is 32.1. The molecule has 0 fully saturated rings. The van der Waals surface area contributed by atoms with Crippen LogP contribution in [-0.2, 0) is 16.0 Å². The Morgan fingerprint density at radius 1 is 1.14 bits per heavy atom. The van der Waals surface area contributed by atoms with E-state index in [9.17, 15) is 9.59 Å². The number of hydrogen-bond acceptors (Lipinski definition) is 3. The summed E-state index contributed by atoms with van der Waals surface area (Å²) in [6, 6.07) is 10.4. The molecule has 156 valence electrons. The lowest BCUT2D eigenvalue weighted by molar-refractivity contribution is -0.141. The minimum Gasteiger partial charge on any atom is -0.334 e. The van der Waals surface area contributed by atoms with Gasteiger partial charge in [0.2, 0.25) is 11.8 Å². The zero-order valence-electron chi connectivity index (χ0n) is 17.8. The van der Waals surface area contributed by atoms with E-state index in [1.165, 1.54) is 21.6 Å². The molecular formula is C24H32N2O2S. The Hall–Kier alpha value is -2.14. The average Bonchev–Trinajstić information content (AvgIpc) is 3.20. The smallest absolute Gasteiger partial charge is 0.242 e. The minimum absolute atomic E-state index is 0.0424. The zero-order chi connectivity index (χ0) is 20.8. The molecule has 0 saturated carbocycles. The van der Waals surface area contributed by atoms with E-state index in [0.717, 1.165) is 25.7 Å². The molecule has 1 atom stereocenters. The minimum atomic E-state index is -0.0624. The number of hydrogen-bond donors (Lipinski definition) is 0. The van der Waals surface area contributed by atoms with Crippen molar-refractivity contribution in [3.05, 3.63) is 57.3 Å². The lowest BCUT2D eigenvalue weighted by Gasteiger charge is -2.38. The fourth-order valence-corrected chi connectivity index (χ4v) is 5.03. The summed E-state index contributed by atoms with van der Waals surface area (Å²) in [5, 5.41) is 2.12. The second-order valence-corrected chi connectivity index (χ2v) is 8.76. The molecule has 0 spiro atoms. The molecule has 0 aliphatic carbocycles. The van der Waals surface area contributed by atoms with Gasteiger partial charge in [-0.2, -0.15) is 0 Å². The number of unbranched alkanes of at least 4 members (excludes halogenated alkanes) is 2. The van der Waals surface area contributed by atoms with Gasteiger partial charge in [0.05, 0.1) is 12.6 Å². The number of benzene rings is 1. The van der Waals surface area contributed by atoms with Crippen LogP contribution in [0.2, 0.25) is 0 Å². The van der Waals surface area contributed by atoms with E-state index in [-0.39, 0.29) is 24.4 Å². The Morgan fingerprint density at radius 2 is 1.93 bits per heavy atom. The molecule has 4 nitrogen and oxygen atoms in total. The molecule has 2 amide bonds. The number of carbonyl (C=O) groups excluding carboxylic acids is 2.